The van der Waals surface area contributed by atoms with Gasteiger partial charge in [0.2, 0.25) is 11.8 Å². The van der Waals surface area contributed by atoms with E-state index in [1.165, 1.54) is 4.68 Å². The molecule has 1 aromatic heterocycles. The molecule has 0 aliphatic heterocycles. The lowest BCUT2D eigenvalue weighted by atomic mass is 9.91. The molecule has 0 aromatic carbocycles. The second kappa shape index (κ2) is 5.04. The highest BCUT2D eigenvalue weighted by Gasteiger charge is 2.37. The number of amides is 1. The molecule has 0 spiro atoms. The zero-order chi connectivity index (χ0) is 13.2. The van der Waals surface area contributed by atoms with Crippen LogP contribution in [0.4, 0.5) is 8.78 Å². The van der Waals surface area contributed by atoms with Gasteiger partial charge in [0.05, 0.1) is 0 Å². The molecule has 1 amide bonds. The molecule has 1 saturated carbocycles. The minimum absolute atomic E-state index is 0.0762. The lowest BCUT2D eigenvalue weighted by molar-refractivity contribution is -0.135. The van der Waals surface area contributed by atoms with Gasteiger partial charge < -0.3 is 4.90 Å². The van der Waals surface area contributed by atoms with Gasteiger partial charge in [-0.15, -0.1) is 0 Å². The molecular weight excluding hydrogens is 240 g/mol. The van der Waals surface area contributed by atoms with Crippen molar-refractivity contribution in [2.75, 3.05) is 7.05 Å². The summed E-state index contributed by atoms with van der Waals surface area (Å²) in [7, 11) is 1.68. The number of carbonyl (C=O) groups excluding carboxylic acids is 1. The van der Waals surface area contributed by atoms with Crippen LogP contribution in [-0.4, -0.2) is 39.6 Å². The van der Waals surface area contributed by atoms with Crippen LogP contribution < -0.4 is 0 Å². The highest BCUT2D eigenvalue weighted by atomic mass is 19.3. The largest absolute Gasteiger partial charge is 0.341 e. The molecule has 4 nitrogen and oxygen atoms in total. The number of alkyl halides is 2. The number of halogens is 2. The molecule has 0 saturated heterocycles. The van der Waals surface area contributed by atoms with E-state index in [0.717, 1.165) is 0 Å². The summed E-state index contributed by atoms with van der Waals surface area (Å²) in [5.41, 5.74) is 0. The molecule has 1 aliphatic rings. The Kier molecular flexibility index (Phi) is 3.63. The summed E-state index contributed by atoms with van der Waals surface area (Å²) in [5, 5.41) is 3.96. The summed E-state index contributed by atoms with van der Waals surface area (Å²) in [6, 6.07) is 1.67. The molecule has 0 bridgehead atoms. The molecule has 0 atom stereocenters. The zero-order valence-electron chi connectivity index (χ0n) is 10.4. The van der Waals surface area contributed by atoms with Gasteiger partial charge in [-0.05, 0) is 18.9 Å². The van der Waals surface area contributed by atoms with E-state index in [9.17, 15) is 13.6 Å². The third-order valence-corrected chi connectivity index (χ3v) is 3.48. The second-order valence-electron chi connectivity index (χ2n) is 4.80. The van der Waals surface area contributed by atoms with Gasteiger partial charge in [-0.2, -0.15) is 5.10 Å². The predicted octanol–water partition coefficient (Wildman–Crippen LogP) is 1.92. The minimum atomic E-state index is -2.55. The van der Waals surface area contributed by atoms with Gasteiger partial charge in [0.25, 0.3) is 0 Å². The molecule has 0 unspecified atom stereocenters. The van der Waals surface area contributed by atoms with Crippen LogP contribution in [-0.2, 0) is 11.3 Å². The Morgan fingerprint density at radius 3 is 2.72 bits per heavy atom. The topological polar surface area (TPSA) is 38.1 Å². The fourth-order valence-electron chi connectivity index (χ4n) is 2.26. The number of hydrogen-bond donors (Lipinski definition) is 0. The van der Waals surface area contributed by atoms with Crippen LogP contribution in [0.15, 0.2) is 18.5 Å². The van der Waals surface area contributed by atoms with Crippen LogP contribution in [0.1, 0.15) is 25.7 Å². The van der Waals surface area contributed by atoms with Crippen molar-refractivity contribution in [3.05, 3.63) is 18.5 Å². The van der Waals surface area contributed by atoms with Crippen LogP contribution in [0.25, 0.3) is 0 Å². The van der Waals surface area contributed by atoms with Gasteiger partial charge >= 0.3 is 0 Å². The molecule has 100 valence electrons. The average molecular weight is 257 g/mol. The molecule has 0 radical (unpaired) electrons. The van der Waals surface area contributed by atoms with Crippen LogP contribution in [0.2, 0.25) is 0 Å². The summed E-state index contributed by atoms with van der Waals surface area (Å²) >= 11 is 0. The standard InChI is InChI=1S/C12H17F2N3O/c1-16(10-3-5-12(13,14)6-4-10)11(18)9-17-8-2-7-15-17/h2,7-8,10H,3-6,9H2,1H3. The Bertz CT molecular complexity index is 395. The molecule has 18 heavy (non-hydrogen) atoms. The first kappa shape index (κ1) is 13.0. The van der Waals surface area contributed by atoms with E-state index in [4.69, 9.17) is 0 Å². The number of likely N-dealkylation sites (N-methyl/N-ethyl adjacent to an activating group) is 1. The van der Waals surface area contributed by atoms with Crippen LogP contribution in [0, 0.1) is 0 Å². The van der Waals surface area contributed by atoms with E-state index in [1.54, 1.807) is 30.4 Å². The summed E-state index contributed by atoms with van der Waals surface area (Å²) in [5.74, 6) is -2.64. The van der Waals surface area contributed by atoms with Gasteiger partial charge in [-0.1, -0.05) is 0 Å². The Hall–Kier alpha value is -1.46. The number of aromatic nitrogens is 2. The SMILES string of the molecule is CN(C(=O)Cn1cccn1)C1CCC(F)(F)CC1. The summed E-state index contributed by atoms with van der Waals surface area (Å²) in [4.78, 5) is 13.5. The number of rotatable bonds is 3. The summed E-state index contributed by atoms with van der Waals surface area (Å²) < 4.78 is 27.6. The quantitative estimate of drug-likeness (QED) is 0.829. The highest BCUT2D eigenvalue weighted by molar-refractivity contribution is 5.75. The smallest absolute Gasteiger partial charge is 0.248 e. The van der Waals surface area contributed by atoms with E-state index >= 15 is 0 Å². The average Bonchev–Trinajstić information content (AvgIpc) is 2.81. The van der Waals surface area contributed by atoms with Crippen molar-refractivity contribution in [2.45, 2.75) is 44.2 Å². The molecular formula is C12H17F2N3O. The van der Waals surface area contributed by atoms with Gasteiger partial charge in [-0.25, -0.2) is 8.78 Å². The van der Waals surface area contributed by atoms with Crippen LogP contribution >= 0.6 is 0 Å². The predicted molar refractivity (Wildman–Crippen MR) is 62.2 cm³/mol. The van der Waals surface area contributed by atoms with Crippen molar-refractivity contribution in [1.29, 1.82) is 0 Å². The van der Waals surface area contributed by atoms with E-state index in [-0.39, 0.29) is 31.3 Å². The summed E-state index contributed by atoms with van der Waals surface area (Å²) in [6.45, 7) is 0.163. The number of carbonyl (C=O) groups is 1. The lowest BCUT2D eigenvalue weighted by Gasteiger charge is -2.34. The zero-order valence-corrected chi connectivity index (χ0v) is 10.4. The molecule has 1 aromatic rings. The van der Waals surface area contributed by atoms with Crippen LogP contribution in [0.5, 0.6) is 0 Å². The van der Waals surface area contributed by atoms with Gasteiger partial charge in [0.1, 0.15) is 6.54 Å². The van der Waals surface area contributed by atoms with E-state index in [0.29, 0.717) is 12.8 Å². The van der Waals surface area contributed by atoms with Crippen LogP contribution in [0.3, 0.4) is 0 Å². The maximum Gasteiger partial charge on any atom is 0.248 e. The maximum atomic E-state index is 13.0. The van der Waals surface area contributed by atoms with Crippen molar-refractivity contribution in [3.63, 3.8) is 0 Å². The highest BCUT2D eigenvalue weighted by Crippen LogP contribution is 2.34. The van der Waals surface area contributed by atoms with Crippen molar-refractivity contribution >= 4 is 5.91 Å². The normalized spacial score (nSPS) is 19.7. The monoisotopic (exact) mass is 257 g/mol. The molecule has 6 heteroatoms. The van der Waals surface area contributed by atoms with E-state index in [2.05, 4.69) is 5.10 Å². The van der Waals surface area contributed by atoms with E-state index < -0.39 is 5.92 Å². The first-order valence-electron chi connectivity index (χ1n) is 6.09. The lowest BCUT2D eigenvalue weighted by Crippen LogP contribution is -2.43. The van der Waals surface area contributed by atoms with Crippen molar-refractivity contribution < 1.29 is 13.6 Å². The van der Waals surface area contributed by atoms with Gasteiger partial charge in [-0.3, -0.25) is 9.48 Å². The Balaban J connectivity index is 1.87. The van der Waals surface area contributed by atoms with Gasteiger partial charge in [0, 0.05) is 38.3 Å². The Morgan fingerprint density at radius 1 is 1.50 bits per heavy atom. The van der Waals surface area contributed by atoms with Crippen molar-refractivity contribution in [2.24, 2.45) is 0 Å². The second-order valence-corrected chi connectivity index (χ2v) is 4.80. The Morgan fingerprint density at radius 2 is 2.17 bits per heavy atom. The minimum Gasteiger partial charge on any atom is -0.341 e. The fourth-order valence-corrected chi connectivity index (χ4v) is 2.26. The van der Waals surface area contributed by atoms with Crippen molar-refractivity contribution in [1.82, 2.24) is 14.7 Å². The molecule has 1 heterocycles. The number of nitrogens with zero attached hydrogens (tertiary/aromatic N) is 3. The third kappa shape index (κ3) is 3.05. The van der Waals surface area contributed by atoms with E-state index in [1.807, 2.05) is 0 Å². The molecule has 1 aliphatic carbocycles. The van der Waals surface area contributed by atoms with Gasteiger partial charge in [0.15, 0.2) is 0 Å². The fraction of sp³-hybridized carbons (Fsp3) is 0.667. The first-order chi connectivity index (χ1) is 8.48. The first-order valence-corrected chi connectivity index (χ1v) is 6.09. The summed E-state index contributed by atoms with van der Waals surface area (Å²) in [6.07, 6.45) is 3.80. The Labute approximate surface area is 105 Å². The molecule has 1 fully saturated rings. The molecule has 2 rings (SSSR count). The third-order valence-electron chi connectivity index (χ3n) is 3.48. The molecule has 0 N–H and O–H groups in total. The maximum absolute atomic E-state index is 13.0. The number of hydrogen-bond acceptors (Lipinski definition) is 2. The van der Waals surface area contributed by atoms with Crippen molar-refractivity contribution in [3.8, 4) is 0 Å².